The van der Waals surface area contributed by atoms with Gasteiger partial charge in [-0.3, -0.25) is 14.8 Å². The second kappa shape index (κ2) is 8.99. The summed E-state index contributed by atoms with van der Waals surface area (Å²) in [5.41, 5.74) is 0.661. The van der Waals surface area contributed by atoms with Gasteiger partial charge in [0.1, 0.15) is 5.60 Å². The zero-order valence-electron chi connectivity index (χ0n) is 20.8. The van der Waals surface area contributed by atoms with Crippen LogP contribution in [0, 0.1) is 18.3 Å². The molecule has 0 aliphatic carbocycles. The molecule has 8 nitrogen and oxygen atoms in total. The standard InChI is InChI=1S/C28H27FN4O4/c1-17-23(19-6-20(27(29)13-36-14-27)9-21(7-19)28(35)15-37-16-28)10-22(11-32-17)33-25(34)18-4-5-31-24(8-18)26(2,3)12-30/h4-11,35H,13-16H2,1-3H3,(H,33,34). The predicted molar refractivity (Wildman–Crippen MR) is 134 cm³/mol. The Labute approximate surface area is 214 Å². The number of rotatable bonds is 6. The third-order valence-corrected chi connectivity index (χ3v) is 6.93. The number of aryl methyl sites for hydroxylation is 1. The van der Waals surface area contributed by atoms with Gasteiger partial charge in [0.2, 0.25) is 0 Å². The van der Waals surface area contributed by atoms with Crippen molar-refractivity contribution >= 4 is 11.6 Å². The molecule has 0 bridgehead atoms. The quantitative estimate of drug-likeness (QED) is 0.525. The number of pyridine rings is 2. The molecule has 0 spiro atoms. The maximum absolute atomic E-state index is 15.4. The van der Waals surface area contributed by atoms with Gasteiger partial charge in [-0.2, -0.15) is 5.26 Å². The van der Waals surface area contributed by atoms with Crippen LogP contribution in [0.25, 0.3) is 11.1 Å². The molecule has 2 saturated heterocycles. The second-order valence-electron chi connectivity index (χ2n) is 10.3. The van der Waals surface area contributed by atoms with Crippen LogP contribution in [0.2, 0.25) is 0 Å². The van der Waals surface area contributed by atoms with Gasteiger partial charge in [-0.15, -0.1) is 0 Å². The molecule has 9 heteroatoms. The first-order valence-electron chi connectivity index (χ1n) is 11.9. The molecule has 37 heavy (non-hydrogen) atoms. The Balaban J connectivity index is 1.49. The molecule has 4 heterocycles. The molecule has 190 valence electrons. The number of halogens is 1. The summed E-state index contributed by atoms with van der Waals surface area (Å²) in [7, 11) is 0. The maximum atomic E-state index is 15.4. The summed E-state index contributed by atoms with van der Waals surface area (Å²) in [6.45, 7) is 5.47. The Morgan fingerprint density at radius 3 is 2.43 bits per heavy atom. The zero-order chi connectivity index (χ0) is 26.4. The zero-order valence-corrected chi connectivity index (χ0v) is 20.8. The van der Waals surface area contributed by atoms with Gasteiger partial charge < -0.3 is 19.9 Å². The van der Waals surface area contributed by atoms with Crippen molar-refractivity contribution < 1.29 is 23.8 Å². The van der Waals surface area contributed by atoms with E-state index >= 15 is 4.39 Å². The van der Waals surface area contributed by atoms with E-state index in [-0.39, 0.29) is 32.3 Å². The van der Waals surface area contributed by atoms with E-state index in [0.717, 1.165) is 0 Å². The minimum absolute atomic E-state index is 0.0469. The third-order valence-electron chi connectivity index (χ3n) is 6.93. The average molecular weight is 503 g/mol. The highest BCUT2D eigenvalue weighted by atomic mass is 19.1. The van der Waals surface area contributed by atoms with Crippen molar-refractivity contribution in [2.45, 2.75) is 37.5 Å². The molecular formula is C28H27FN4O4. The van der Waals surface area contributed by atoms with Gasteiger partial charge in [0, 0.05) is 23.0 Å². The first-order chi connectivity index (χ1) is 17.5. The Bertz CT molecular complexity index is 1390. The summed E-state index contributed by atoms with van der Waals surface area (Å²) in [4.78, 5) is 21.7. The Kier molecular flexibility index (Phi) is 6.07. The van der Waals surface area contributed by atoms with Crippen LogP contribution in [0.3, 0.4) is 0 Å². The number of alkyl halides is 1. The van der Waals surface area contributed by atoms with Crippen molar-refractivity contribution in [1.82, 2.24) is 9.97 Å². The predicted octanol–water partition coefficient (Wildman–Crippen LogP) is 3.92. The molecule has 5 rings (SSSR count). The molecule has 0 atom stereocenters. The van der Waals surface area contributed by atoms with Gasteiger partial charge in [-0.25, -0.2) is 4.39 Å². The summed E-state index contributed by atoms with van der Waals surface area (Å²) < 4.78 is 25.7. The molecule has 2 fully saturated rings. The number of carbonyl (C=O) groups excluding carboxylic acids is 1. The lowest BCUT2D eigenvalue weighted by Crippen LogP contribution is -2.47. The number of anilines is 1. The highest BCUT2D eigenvalue weighted by molar-refractivity contribution is 6.04. The minimum Gasteiger partial charge on any atom is -0.380 e. The number of ether oxygens (including phenoxy) is 2. The minimum atomic E-state index is -1.63. The number of hydrogen-bond acceptors (Lipinski definition) is 7. The molecule has 2 aromatic heterocycles. The monoisotopic (exact) mass is 502 g/mol. The number of aliphatic hydroxyl groups is 1. The molecule has 1 aromatic carbocycles. The molecule has 0 radical (unpaired) electrons. The molecule has 2 N–H and O–H groups in total. The molecule has 0 unspecified atom stereocenters. The van der Waals surface area contributed by atoms with Gasteiger partial charge in [-0.05, 0) is 73.9 Å². The number of carbonyl (C=O) groups is 1. The topological polar surface area (TPSA) is 117 Å². The van der Waals surface area contributed by atoms with E-state index in [1.54, 1.807) is 50.4 Å². The number of nitrogens with one attached hydrogen (secondary N) is 1. The molecule has 2 aliphatic rings. The first-order valence-corrected chi connectivity index (χ1v) is 11.9. The number of amides is 1. The summed E-state index contributed by atoms with van der Waals surface area (Å²) in [6, 6.07) is 12.4. The number of hydrogen-bond donors (Lipinski definition) is 2. The Hall–Kier alpha value is -3.71. The summed E-state index contributed by atoms with van der Waals surface area (Å²) >= 11 is 0. The van der Waals surface area contributed by atoms with E-state index in [4.69, 9.17) is 9.47 Å². The number of aromatic nitrogens is 2. The van der Waals surface area contributed by atoms with Gasteiger partial charge >= 0.3 is 0 Å². The molecule has 2 aliphatic heterocycles. The molecule has 3 aromatic rings. The Morgan fingerprint density at radius 1 is 1.11 bits per heavy atom. The van der Waals surface area contributed by atoms with E-state index in [1.807, 2.05) is 13.0 Å². The Morgan fingerprint density at radius 2 is 1.81 bits per heavy atom. The smallest absolute Gasteiger partial charge is 0.255 e. The third kappa shape index (κ3) is 4.60. The van der Waals surface area contributed by atoms with Crippen LogP contribution in [0.1, 0.15) is 46.7 Å². The van der Waals surface area contributed by atoms with Crippen LogP contribution in [-0.4, -0.2) is 47.4 Å². The summed E-state index contributed by atoms with van der Waals surface area (Å²) in [5, 5.41) is 23.2. The summed E-state index contributed by atoms with van der Waals surface area (Å²) in [5.74, 6) is -0.376. The fraction of sp³-hybridized carbons (Fsp3) is 0.357. The number of nitriles is 1. The van der Waals surface area contributed by atoms with Crippen molar-refractivity contribution in [2.75, 3.05) is 31.7 Å². The van der Waals surface area contributed by atoms with Crippen molar-refractivity contribution in [3.8, 4) is 17.2 Å². The van der Waals surface area contributed by atoms with Gasteiger partial charge in [-0.1, -0.05) is 0 Å². The molecular weight excluding hydrogens is 475 g/mol. The van der Waals surface area contributed by atoms with Crippen LogP contribution >= 0.6 is 0 Å². The highest BCUT2D eigenvalue weighted by Crippen LogP contribution is 2.41. The van der Waals surface area contributed by atoms with Crippen LogP contribution in [0.4, 0.5) is 10.1 Å². The van der Waals surface area contributed by atoms with Crippen LogP contribution < -0.4 is 5.32 Å². The van der Waals surface area contributed by atoms with Gasteiger partial charge in [0.25, 0.3) is 5.91 Å². The van der Waals surface area contributed by atoms with Crippen molar-refractivity contribution in [3.05, 3.63) is 76.9 Å². The lowest BCUT2D eigenvalue weighted by molar-refractivity contribution is -0.184. The SMILES string of the molecule is Cc1ncc(NC(=O)c2ccnc(C(C)(C)C#N)c2)cc1-c1cc(C2(O)COC2)cc(C2(F)COC2)c1. The molecule has 0 saturated carbocycles. The van der Waals surface area contributed by atoms with Gasteiger partial charge in [0.05, 0.1) is 55.5 Å². The number of nitrogens with zero attached hydrogens (tertiary/aromatic N) is 3. The first kappa shape index (κ1) is 25.0. The van der Waals surface area contributed by atoms with E-state index in [2.05, 4.69) is 21.4 Å². The van der Waals surface area contributed by atoms with Crippen molar-refractivity contribution in [3.63, 3.8) is 0 Å². The number of benzene rings is 1. The largest absolute Gasteiger partial charge is 0.380 e. The van der Waals surface area contributed by atoms with Crippen LogP contribution in [0.15, 0.2) is 48.8 Å². The fourth-order valence-corrected chi connectivity index (χ4v) is 4.29. The van der Waals surface area contributed by atoms with Crippen molar-refractivity contribution in [1.29, 1.82) is 5.26 Å². The lowest BCUT2D eigenvalue weighted by Gasteiger charge is -2.39. The maximum Gasteiger partial charge on any atom is 0.255 e. The van der Waals surface area contributed by atoms with Crippen LogP contribution in [-0.2, 0) is 26.2 Å². The normalized spacial score (nSPS) is 17.7. The van der Waals surface area contributed by atoms with E-state index < -0.39 is 16.7 Å². The average Bonchev–Trinajstić information content (AvgIpc) is 2.86. The fourth-order valence-electron chi connectivity index (χ4n) is 4.29. The van der Waals surface area contributed by atoms with E-state index in [9.17, 15) is 15.2 Å². The molecule has 1 amide bonds. The van der Waals surface area contributed by atoms with Crippen LogP contribution in [0.5, 0.6) is 0 Å². The lowest BCUT2D eigenvalue weighted by atomic mass is 9.83. The van der Waals surface area contributed by atoms with Gasteiger partial charge in [0.15, 0.2) is 5.67 Å². The summed E-state index contributed by atoms with van der Waals surface area (Å²) in [6.07, 6.45) is 3.05. The van der Waals surface area contributed by atoms with Crippen molar-refractivity contribution in [2.24, 2.45) is 0 Å². The van der Waals surface area contributed by atoms with E-state index in [0.29, 0.717) is 44.9 Å². The van der Waals surface area contributed by atoms with E-state index in [1.165, 1.54) is 6.20 Å². The highest BCUT2D eigenvalue weighted by Gasteiger charge is 2.44. The second-order valence-corrected chi connectivity index (χ2v) is 10.3.